The molecule has 0 unspecified atom stereocenters. The number of hydrogen-bond acceptors (Lipinski definition) is 2. The number of aliphatic hydroxyl groups excluding tert-OH is 1. The molecule has 0 amide bonds. The highest BCUT2D eigenvalue weighted by Crippen LogP contribution is 2.46. The second kappa shape index (κ2) is 2.33. The fraction of sp³-hybridized carbons (Fsp3) is 0.667. The van der Waals surface area contributed by atoms with Gasteiger partial charge in [-0.05, 0) is 26.7 Å². The van der Waals surface area contributed by atoms with Gasteiger partial charge in [-0.3, -0.25) is 0 Å². The van der Waals surface area contributed by atoms with Gasteiger partial charge in [0.1, 0.15) is 5.82 Å². The van der Waals surface area contributed by atoms with Crippen molar-refractivity contribution in [2.75, 3.05) is 6.61 Å². The Bertz CT molecular complexity index is 280. The van der Waals surface area contributed by atoms with Crippen molar-refractivity contribution in [1.29, 1.82) is 0 Å². The molecule has 1 fully saturated rings. The summed E-state index contributed by atoms with van der Waals surface area (Å²) in [6.45, 7) is 4.22. The topological polar surface area (TPSA) is 48.9 Å². The van der Waals surface area contributed by atoms with Crippen LogP contribution in [-0.2, 0) is 5.41 Å². The molecule has 1 saturated carbocycles. The van der Waals surface area contributed by atoms with E-state index in [1.165, 1.54) is 0 Å². The molecule has 0 spiro atoms. The number of nitrogens with one attached hydrogen (secondary N) is 1. The molecule has 0 saturated heterocycles. The first kappa shape index (κ1) is 7.80. The first-order chi connectivity index (χ1) is 5.68. The van der Waals surface area contributed by atoms with Crippen LogP contribution in [0.15, 0.2) is 0 Å². The van der Waals surface area contributed by atoms with Crippen LogP contribution in [0.25, 0.3) is 0 Å². The van der Waals surface area contributed by atoms with Crippen molar-refractivity contribution < 1.29 is 5.11 Å². The summed E-state index contributed by atoms with van der Waals surface area (Å²) in [4.78, 5) is 7.63. The Morgan fingerprint density at radius 1 is 1.50 bits per heavy atom. The van der Waals surface area contributed by atoms with Crippen LogP contribution in [0.2, 0.25) is 0 Å². The number of imidazole rings is 1. The first-order valence-corrected chi connectivity index (χ1v) is 4.32. The van der Waals surface area contributed by atoms with Crippen LogP contribution in [0, 0.1) is 13.8 Å². The van der Waals surface area contributed by atoms with Crippen molar-refractivity contribution in [3.8, 4) is 0 Å². The van der Waals surface area contributed by atoms with Crippen molar-refractivity contribution in [3.05, 3.63) is 17.2 Å². The molecule has 2 N–H and O–H groups in total. The smallest absolute Gasteiger partial charge is 0.115 e. The van der Waals surface area contributed by atoms with E-state index >= 15 is 0 Å². The van der Waals surface area contributed by atoms with Gasteiger partial charge in [0.2, 0.25) is 0 Å². The normalized spacial score (nSPS) is 19.6. The van der Waals surface area contributed by atoms with Crippen LogP contribution in [0.1, 0.15) is 30.1 Å². The Balaban J connectivity index is 2.34. The van der Waals surface area contributed by atoms with Crippen molar-refractivity contribution in [1.82, 2.24) is 9.97 Å². The largest absolute Gasteiger partial charge is 0.395 e. The second-order valence-corrected chi connectivity index (χ2v) is 3.73. The average Bonchev–Trinajstić information content (AvgIpc) is 2.77. The summed E-state index contributed by atoms with van der Waals surface area (Å²) in [6, 6.07) is 0. The number of nitrogens with zero attached hydrogens (tertiary/aromatic N) is 1. The molecule has 3 nitrogen and oxygen atoms in total. The van der Waals surface area contributed by atoms with Crippen molar-refractivity contribution >= 4 is 0 Å². The van der Waals surface area contributed by atoms with E-state index in [2.05, 4.69) is 9.97 Å². The van der Waals surface area contributed by atoms with E-state index in [-0.39, 0.29) is 12.0 Å². The standard InChI is InChI=1S/C9H14N2O/c1-6-7(2)11-8(10-6)9(5-12)3-4-9/h12H,3-5H2,1-2H3,(H,10,11). The molecule has 0 aromatic carbocycles. The minimum Gasteiger partial charge on any atom is -0.395 e. The van der Waals surface area contributed by atoms with E-state index in [0.29, 0.717) is 0 Å². The minimum absolute atomic E-state index is 0.0149. The van der Waals surface area contributed by atoms with Gasteiger partial charge in [0.05, 0.1) is 17.7 Å². The summed E-state index contributed by atoms with van der Waals surface area (Å²) in [7, 11) is 0. The molecule has 0 bridgehead atoms. The third-order valence-electron chi connectivity index (χ3n) is 2.79. The lowest BCUT2D eigenvalue weighted by atomic mass is 10.1. The third-order valence-corrected chi connectivity index (χ3v) is 2.79. The van der Waals surface area contributed by atoms with E-state index in [1.54, 1.807) is 0 Å². The predicted molar refractivity (Wildman–Crippen MR) is 46.1 cm³/mol. The molecule has 0 radical (unpaired) electrons. The van der Waals surface area contributed by atoms with Gasteiger partial charge in [-0.25, -0.2) is 4.98 Å². The SMILES string of the molecule is Cc1nc(C2(CO)CC2)[nH]c1C. The van der Waals surface area contributed by atoms with Gasteiger partial charge >= 0.3 is 0 Å². The summed E-state index contributed by atoms with van der Waals surface area (Å²) in [5, 5.41) is 9.15. The highest BCUT2D eigenvalue weighted by Gasteiger charge is 2.46. The highest BCUT2D eigenvalue weighted by atomic mass is 16.3. The quantitative estimate of drug-likeness (QED) is 0.690. The van der Waals surface area contributed by atoms with E-state index in [1.807, 2.05) is 13.8 Å². The maximum atomic E-state index is 9.15. The maximum Gasteiger partial charge on any atom is 0.115 e. The predicted octanol–water partition coefficient (Wildman–Crippen LogP) is 1.05. The molecule has 0 aliphatic heterocycles. The lowest BCUT2D eigenvalue weighted by molar-refractivity contribution is 0.250. The molecule has 1 aliphatic rings. The van der Waals surface area contributed by atoms with E-state index in [0.717, 1.165) is 30.1 Å². The monoisotopic (exact) mass is 166 g/mol. The third kappa shape index (κ3) is 0.966. The number of rotatable bonds is 2. The molecule has 12 heavy (non-hydrogen) atoms. The summed E-state index contributed by atoms with van der Waals surface area (Å²) in [5.41, 5.74) is 2.15. The first-order valence-electron chi connectivity index (χ1n) is 4.32. The summed E-state index contributed by atoms with van der Waals surface area (Å²) in [6.07, 6.45) is 2.13. The Morgan fingerprint density at radius 2 is 2.17 bits per heavy atom. The Hall–Kier alpha value is -0.830. The zero-order valence-electron chi connectivity index (χ0n) is 7.52. The van der Waals surface area contributed by atoms with Gasteiger partial charge in [-0.15, -0.1) is 0 Å². The average molecular weight is 166 g/mol. The van der Waals surface area contributed by atoms with Crippen LogP contribution < -0.4 is 0 Å². The molecule has 1 aliphatic carbocycles. The van der Waals surface area contributed by atoms with Gasteiger partial charge in [-0.2, -0.15) is 0 Å². The van der Waals surface area contributed by atoms with Crippen molar-refractivity contribution in [2.24, 2.45) is 0 Å². The summed E-state index contributed by atoms with van der Waals surface area (Å²) >= 11 is 0. The minimum atomic E-state index is -0.0149. The molecular formula is C9H14N2O. The van der Waals surface area contributed by atoms with Gasteiger partial charge in [0.15, 0.2) is 0 Å². The van der Waals surface area contributed by atoms with Gasteiger partial charge in [-0.1, -0.05) is 0 Å². The van der Waals surface area contributed by atoms with Crippen LogP contribution in [-0.4, -0.2) is 21.7 Å². The molecule has 1 aromatic rings. The molecule has 1 aromatic heterocycles. The summed E-state index contributed by atoms with van der Waals surface area (Å²) < 4.78 is 0. The molecule has 0 atom stereocenters. The maximum absolute atomic E-state index is 9.15. The van der Waals surface area contributed by atoms with E-state index in [9.17, 15) is 0 Å². The number of hydrogen-bond donors (Lipinski definition) is 2. The van der Waals surface area contributed by atoms with E-state index < -0.39 is 0 Å². The molecule has 2 rings (SSSR count). The fourth-order valence-corrected chi connectivity index (χ4v) is 1.42. The van der Waals surface area contributed by atoms with Crippen LogP contribution in [0.4, 0.5) is 0 Å². The molecule has 3 heteroatoms. The Kier molecular flexibility index (Phi) is 1.51. The van der Waals surface area contributed by atoms with Crippen molar-refractivity contribution in [3.63, 3.8) is 0 Å². The summed E-state index contributed by atoms with van der Waals surface area (Å²) in [5.74, 6) is 0.972. The zero-order chi connectivity index (χ0) is 8.77. The number of aromatic nitrogens is 2. The van der Waals surface area contributed by atoms with Crippen LogP contribution in [0.3, 0.4) is 0 Å². The lowest BCUT2D eigenvalue weighted by Gasteiger charge is -2.06. The number of aromatic amines is 1. The van der Waals surface area contributed by atoms with Crippen LogP contribution >= 0.6 is 0 Å². The van der Waals surface area contributed by atoms with Gasteiger partial charge in [0, 0.05) is 5.69 Å². The van der Waals surface area contributed by atoms with E-state index in [4.69, 9.17) is 5.11 Å². The number of H-pyrrole nitrogens is 1. The fourth-order valence-electron chi connectivity index (χ4n) is 1.42. The Labute approximate surface area is 71.8 Å². The number of aliphatic hydroxyl groups is 1. The molecule has 1 heterocycles. The number of aryl methyl sites for hydroxylation is 2. The highest BCUT2D eigenvalue weighted by molar-refractivity contribution is 5.23. The Morgan fingerprint density at radius 3 is 2.50 bits per heavy atom. The second-order valence-electron chi connectivity index (χ2n) is 3.73. The lowest BCUT2D eigenvalue weighted by Crippen LogP contribution is -2.13. The van der Waals surface area contributed by atoms with Crippen LogP contribution in [0.5, 0.6) is 0 Å². The van der Waals surface area contributed by atoms with Gasteiger partial charge in [0.25, 0.3) is 0 Å². The van der Waals surface area contributed by atoms with Crippen molar-refractivity contribution in [2.45, 2.75) is 32.1 Å². The molecule has 66 valence electrons. The zero-order valence-corrected chi connectivity index (χ0v) is 7.52. The van der Waals surface area contributed by atoms with Gasteiger partial charge < -0.3 is 10.1 Å². The molecular weight excluding hydrogens is 152 g/mol.